The summed E-state index contributed by atoms with van der Waals surface area (Å²) < 4.78 is 69.7. The molecule has 8 heteroatoms. The van der Waals surface area contributed by atoms with Crippen LogP contribution in [0.5, 0.6) is 5.75 Å². The molecule has 0 spiro atoms. The van der Waals surface area contributed by atoms with E-state index in [-0.39, 0.29) is 34.6 Å². The Kier molecular flexibility index (Phi) is 3.64. The van der Waals surface area contributed by atoms with Gasteiger partial charge in [0.15, 0.2) is 22.2 Å². The molecule has 2 aliphatic carbocycles. The highest BCUT2D eigenvalue weighted by atomic mass is 32.2. The standard InChI is InChI=1S/C14H15F3O4S/c1-22(19,20)9-3-2-8(21-7-4-6(15)5-7)10-11(9)14(18)13(17)12(10)16/h2-3,6-7,12-14,18H,4-5H2,1H3/t6-,7-,12-,13-,14+/m1/s1. The van der Waals surface area contributed by atoms with E-state index in [4.69, 9.17) is 4.74 Å². The van der Waals surface area contributed by atoms with Crippen LogP contribution in [0.1, 0.15) is 36.2 Å². The molecule has 0 aliphatic heterocycles. The van der Waals surface area contributed by atoms with Crippen molar-refractivity contribution in [1.29, 1.82) is 0 Å². The lowest BCUT2D eigenvalue weighted by Gasteiger charge is -2.31. The number of rotatable bonds is 3. The zero-order valence-corrected chi connectivity index (χ0v) is 12.5. The molecule has 1 N–H and O–H groups in total. The number of hydrogen-bond acceptors (Lipinski definition) is 4. The molecule has 0 unspecified atom stereocenters. The summed E-state index contributed by atoms with van der Waals surface area (Å²) in [6.07, 6.45) is -6.52. The highest BCUT2D eigenvalue weighted by Crippen LogP contribution is 2.50. The van der Waals surface area contributed by atoms with Gasteiger partial charge in [-0.25, -0.2) is 21.6 Å². The van der Waals surface area contributed by atoms with Gasteiger partial charge in [-0.15, -0.1) is 0 Å². The van der Waals surface area contributed by atoms with Gasteiger partial charge in [-0.05, 0) is 12.1 Å². The number of benzene rings is 1. The SMILES string of the molecule is CS(=O)(=O)c1ccc(O[C@H]2C[C@H](F)C2)c2c1[C@H](O)[C@H](F)[C@@H]2F. The zero-order chi connectivity index (χ0) is 16.2. The topological polar surface area (TPSA) is 63.6 Å². The van der Waals surface area contributed by atoms with Gasteiger partial charge in [-0.1, -0.05) is 0 Å². The molecule has 0 radical (unpaired) electrons. The van der Waals surface area contributed by atoms with Gasteiger partial charge in [-0.2, -0.15) is 0 Å². The van der Waals surface area contributed by atoms with Crippen LogP contribution < -0.4 is 4.74 Å². The fourth-order valence-corrected chi connectivity index (χ4v) is 3.81. The first kappa shape index (κ1) is 15.6. The van der Waals surface area contributed by atoms with Crippen LogP contribution in [0, 0.1) is 0 Å². The summed E-state index contributed by atoms with van der Waals surface area (Å²) in [6, 6.07) is 2.39. The van der Waals surface area contributed by atoms with Crippen LogP contribution in [0.25, 0.3) is 0 Å². The largest absolute Gasteiger partial charge is 0.490 e. The van der Waals surface area contributed by atoms with Crippen molar-refractivity contribution in [2.75, 3.05) is 6.26 Å². The van der Waals surface area contributed by atoms with Crippen LogP contribution in [0.4, 0.5) is 13.2 Å². The molecular weight excluding hydrogens is 321 g/mol. The first-order chi connectivity index (χ1) is 10.2. The Hall–Kier alpha value is -1.28. The second-order valence-electron chi connectivity index (χ2n) is 5.76. The Bertz CT molecular complexity index is 700. The van der Waals surface area contributed by atoms with Gasteiger partial charge in [0.2, 0.25) is 0 Å². The molecule has 122 valence electrons. The molecule has 0 heterocycles. The monoisotopic (exact) mass is 336 g/mol. The highest BCUT2D eigenvalue weighted by molar-refractivity contribution is 7.90. The van der Waals surface area contributed by atoms with Gasteiger partial charge in [0.05, 0.1) is 4.90 Å². The van der Waals surface area contributed by atoms with Crippen LogP contribution >= 0.6 is 0 Å². The number of halogens is 3. The molecule has 4 nitrogen and oxygen atoms in total. The summed E-state index contributed by atoms with van der Waals surface area (Å²) in [4.78, 5) is -0.317. The van der Waals surface area contributed by atoms with Crippen molar-refractivity contribution in [1.82, 2.24) is 0 Å². The third-order valence-electron chi connectivity index (χ3n) is 4.09. The molecular formula is C14H15F3O4S. The molecule has 0 saturated heterocycles. The van der Waals surface area contributed by atoms with Crippen LogP contribution in [0.3, 0.4) is 0 Å². The minimum absolute atomic E-state index is 0.0361. The minimum Gasteiger partial charge on any atom is -0.490 e. The van der Waals surface area contributed by atoms with Crippen LogP contribution in [0.15, 0.2) is 17.0 Å². The van der Waals surface area contributed by atoms with Crippen molar-refractivity contribution < 1.29 is 31.4 Å². The lowest BCUT2D eigenvalue weighted by molar-refractivity contribution is 0.0353. The summed E-state index contributed by atoms with van der Waals surface area (Å²) in [6.45, 7) is 0. The van der Waals surface area contributed by atoms with E-state index in [9.17, 15) is 26.7 Å². The van der Waals surface area contributed by atoms with Crippen LogP contribution in [0.2, 0.25) is 0 Å². The van der Waals surface area contributed by atoms with Crippen molar-refractivity contribution in [3.8, 4) is 5.75 Å². The second kappa shape index (κ2) is 5.13. The summed E-state index contributed by atoms with van der Waals surface area (Å²) in [5.74, 6) is -0.0361. The molecule has 1 saturated carbocycles. The van der Waals surface area contributed by atoms with Crippen molar-refractivity contribution in [2.24, 2.45) is 0 Å². The fraction of sp³-hybridized carbons (Fsp3) is 0.571. The predicted molar refractivity (Wildman–Crippen MR) is 71.8 cm³/mol. The van der Waals surface area contributed by atoms with E-state index in [1.165, 1.54) is 6.07 Å². The molecule has 1 aromatic carbocycles. The lowest BCUT2D eigenvalue weighted by atomic mass is 9.93. The average molecular weight is 336 g/mol. The Labute approximate surface area is 125 Å². The van der Waals surface area contributed by atoms with Gasteiger partial charge in [0, 0.05) is 30.2 Å². The zero-order valence-electron chi connectivity index (χ0n) is 11.7. The van der Waals surface area contributed by atoms with E-state index >= 15 is 0 Å². The van der Waals surface area contributed by atoms with Crippen molar-refractivity contribution in [3.05, 3.63) is 23.3 Å². The third kappa shape index (κ3) is 2.38. The Balaban J connectivity index is 2.08. The maximum absolute atomic E-state index is 14.2. The maximum atomic E-state index is 14.2. The highest BCUT2D eigenvalue weighted by Gasteiger charge is 2.46. The average Bonchev–Trinajstić information content (AvgIpc) is 2.62. The molecule has 3 rings (SSSR count). The minimum atomic E-state index is -3.76. The van der Waals surface area contributed by atoms with Crippen molar-refractivity contribution >= 4 is 9.84 Å². The normalized spacial score (nSPS) is 34.1. The molecule has 3 atom stereocenters. The number of hydrogen-bond donors (Lipinski definition) is 1. The van der Waals surface area contributed by atoms with E-state index in [0.29, 0.717) is 0 Å². The quantitative estimate of drug-likeness (QED) is 0.920. The van der Waals surface area contributed by atoms with Gasteiger partial charge < -0.3 is 9.84 Å². The molecule has 1 fully saturated rings. The van der Waals surface area contributed by atoms with E-state index in [1.54, 1.807) is 0 Å². The Morgan fingerprint density at radius 2 is 1.82 bits per heavy atom. The van der Waals surface area contributed by atoms with E-state index in [1.807, 2.05) is 0 Å². The summed E-state index contributed by atoms with van der Waals surface area (Å²) in [5.41, 5.74) is -0.582. The number of ether oxygens (including phenoxy) is 1. The van der Waals surface area contributed by atoms with Crippen molar-refractivity contribution in [2.45, 2.75) is 48.5 Å². The number of sulfone groups is 1. The third-order valence-corrected chi connectivity index (χ3v) is 5.25. The second-order valence-corrected chi connectivity index (χ2v) is 7.75. The fourth-order valence-electron chi connectivity index (χ4n) is 2.87. The molecule has 0 aromatic heterocycles. The molecule has 0 amide bonds. The molecule has 22 heavy (non-hydrogen) atoms. The van der Waals surface area contributed by atoms with Crippen LogP contribution in [-0.2, 0) is 9.84 Å². The van der Waals surface area contributed by atoms with E-state index in [2.05, 4.69) is 0 Å². The predicted octanol–water partition coefficient (Wildman–Crippen LogP) is 2.37. The summed E-state index contributed by atoms with van der Waals surface area (Å²) in [7, 11) is -3.76. The Morgan fingerprint density at radius 3 is 2.36 bits per heavy atom. The lowest BCUT2D eigenvalue weighted by Crippen LogP contribution is -2.35. The van der Waals surface area contributed by atoms with Crippen LogP contribution in [-0.4, -0.2) is 38.2 Å². The Morgan fingerprint density at radius 1 is 1.18 bits per heavy atom. The number of aliphatic hydroxyl groups excluding tert-OH is 1. The number of alkyl halides is 3. The van der Waals surface area contributed by atoms with Crippen molar-refractivity contribution in [3.63, 3.8) is 0 Å². The summed E-state index contributed by atoms with van der Waals surface area (Å²) in [5, 5.41) is 9.84. The molecule has 2 aliphatic rings. The number of fused-ring (bicyclic) bond motifs is 1. The first-order valence-corrected chi connectivity index (χ1v) is 8.73. The van der Waals surface area contributed by atoms with Gasteiger partial charge >= 0.3 is 0 Å². The van der Waals surface area contributed by atoms with E-state index in [0.717, 1.165) is 12.3 Å². The van der Waals surface area contributed by atoms with Gasteiger partial charge in [0.25, 0.3) is 0 Å². The van der Waals surface area contributed by atoms with E-state index < -0.39 is 40.6 Å². The smallest absolute Gasteiger partial charge is 0.175 e. The summed E-state index contributed by atoms with van der Waals surface area (Å²) >= 11 is 0. The first-order valence-electron chi connectivity index (χ1n) is 6.84. The molecule has 1 aromatic rings. The van der Waals surface area contributed by atoms with Gasteiger partial charge in [0.1, 0.15) is 24.1 Å². The van der Waals surface area contributed by atoms with Gasteiger partial charge in [-0.3, -0.25) is 0 Å². The molecule has 0 bridgehead atoms. The maximum Gasteiger partial charge on any atom is 0.175 e. The number of aliphatic hydroxyl groups is 1.